The molecule has 0 aliphatic heterocycles. The molecule has 5 N–H and O–H groups in total. The summed E-state index contributed by atoms with van der Waals surface area (Å²) >= 11 is 0. The number of fused-ring (bicyclic) bond motifs is 1. The maximum absolute atomic E-state index is 12.7. The SMILES string of the molecule is CN/C=C\C(=[NH2+])NC(=O)c1cc(Oc2ccc3c(ccn3C)c2)cc(O[C@@H](C)CO)c1. The van der Waals surface area contributed by atoms with Crippen LogP contribution in [0.5, 0.6) is 17.2 Å². The molecule has 0 aliphatic carbocycles. The summed E-state index contributed by atoms with van der Waals surface area (Å²) in [6.07, 6.45) is 4.68. The molecule has 31 heavy (non-hydrogen) atoms. The lowest BCUT2D eigenvalue weighted by Crippen LogP contribution is -2.49. The van der Waals surface area contributed by atoms with Crippen LogP contribution in [0.2, 0.25) is 0 Å². The monoisotopic (exact) mass is 423 g/mol. The Balaban J connectivity index is 1.89. The number of carbonyl (C=O) groups excluding carboxylic acids is 1. The second kappa shape index (κ2) is 9.82. The molecular weight excluding hydrogens is 396 g/mol. The molecule has 0 saturated carbocycles. The number of amidine groups is 1. The number of rotatable bonds is 8. The van der Waals surface area contributed by atoms with E-state index in [4.69, 9.17) is 14.9 Å². The molecule has 0 bridgehead atoms. The summed E-state index contributed by atoms with van der Waals surface area (Å²) in [5.74, 6) is 1.22. The highest BCUT2D eigenvalue weighted by Gasteiger charge is 2.17. The third-order valence-corrected chi connectivity index (χ3v) is 4.52. The van der Waals surface area contributed by atoms with Gasteiger partial charge in [-0.3, -0.25) is 5.41 Å². The summed E-state index contributed by atoms with van der Waals surface area (Å²) in [4.78, 5) is 12.7. The second-order valence-corrected chi connectivity index (χ2v) is 7.08. The van der Waals surface area contributed by atoms with E-state index in [1.807, 2.05) is 42.1 Å². The van der Waals surface area contributed by atoms with Crippen molar-refractivity contribution in [2.75, 3.05) is 13.7 Å². The van der Waals surface area contributed by atoms with E-state index in [-0.39, 0.29) is 12.4 Å². The highest BCUT2D eigenvalue weighted by molar-refractivity contribution is 6.08. The number of amides is 1. The Labute approximate surface area is 180 Å². The van der Waals surface area contributed by atoms with Gasteiger partial charge in [0.05, 0.1) is 12.2 Å². The van der Waals surface area contributed by atoms with Crippen LogP contribution in [0.1, 0.15) is 17.3 Å². The normalized spacial score (nSPS) is 12.0. The van der Waals surface area contributed by atoms with Crippen LogP contribution in [-0.2, 0) is 7.05 Å². The lowest BCUT2D eigenvalue weighted by atomic mass is 10.1. The minimum absolute atomic E-state index is 0.160. The first-order chi connectivity index (χ1) is 14.9. The van der Waals surface area contributed by atoms with Crippen molar-refractivity contribution in [1.29, 1.82) is 0 Å². The number of aliphatic hydroxyl groups excluding tert-OH is 1. The van der Waals surface area contributed by atoms with Gasteiger partial charge in [0.1, 0.15) is 23.4 Å². The van der Waals surface area contributed by atoms with Gasteiger partial charge in [-0.15, -0.1) is 0 Å². The molecule has 0 spiro atoms. The summed E-state index contributed by atoms with van der Waals surface area (Å²) in [5, 5.41) is 21.6. The zero-order valence-electron chi connectivity index (χ0n) is 17.8. The van der Waals surface area contributed by atoms with E-state index < -0.39 is 12.0 Å². The fourth-order valence-electron chi connectivity index (χ4n) is 2.98. The standard InChI is InChI=1S/C23H26N4O4/c1-15(14-28)30-19-11-17(23(29)26-22(24)6-8-25-2)12-20(13-19)31-18-4-5-21-16(10-18)7-9-27(21)3/h4-13,15,25,28H,14H2,1-3H3,(H2,24,26,29)/p+1/b8-6-/t15-/m0/s1. The summed E-state index contributed by atoms with van der Waals surface area (Å²) < 4.78 is 13.7. The molecule has 162 valence electrons. The van der Waals surface area contributed by atoms with Gasteiger partial charge >= 0.3 is 5.91 Å². The molecule has 0 radical (unpaired) electrons. The Morgan fingerprint density at radius 2 is 1.97 bits per heavy atom. The molecule has 0 aliphatic rings. The maximum atomic E-state index is 12.7. The molecule has 1 amide bonds. The van der Waals surface area contributed by atoms with Crippen LogP contribution in [0.25, 0.3) is 10.9 Å². The molecule has 1 atom stereocenters. The van der Waals surface area contributed by atoms with Gasteiger partial charge in [0, 0.05) is 49.5 Å². The molecule has 0 unspecified atom stereocenters. The first kappa shape index (κ1) is 21.9. The van der Waals surface area contributed by atoms with Crippen LogP contribution >= 0.6 is 0 Å². The van der Waals surface area contributed by atoms with E-state index in [9.17, 15) is 9.90 Å². The highest BCUT2D eigenvalue weighted by Crippen LogP contribution is 2.30. The number of aryl methyl sites for hydroxylation is 1. The Bertz CT molecular complexity index is 1120. The summed E-state index contributed by atoms with van der Waals surface area (Å²) in [6, 6.07) is 12.6. The van der Waals surface area contributed by atoms with Crippen molar-refractivity contribution in [2.45, 2.75) is 13.0 Å². The molecule has 3 rings (SSSR count). The summed E-state index contributed by atoms with van der Waals surface area (Å²) in [6.45, 7) is 1.57. The number of ether oxygens (including phenoxy) is 2. The van der Waals surface area contributed by atoms with Crippen molar-refractivity contribution in [2.24, 2.45) is 7.05 Å². The van der Waals surface area contributed by atoms with Gasteiger partial charge in [0.15, 0.2) is 0 Å². The van der Waals surface area contributed by atoms with Crippen LogP contribution in [-0.4, -0.2) is 41.2 Å². The van der Waals surface area contributed by atoms with Crippen molar-refractivity contribution in [3.05, 3.63) is 66.5 Å². The molecule has 3 aromatic rings. The Hall–Kier alpha value is -3.78. The first-order valence-electron chi connectivity index (χ1n) is 9.82. The largest absolute Gasteiger partial charge is 0.488 e. The van der Waals surface area contributed by atoms with Gasteiger partial charge in [-0.1, -0.05) is 0 Å². The van der Waals surface area contributed by atoms with E-state index in [2.05, 4.69) is 10.6 Å². The van der Waals surface area contributed by atoms with Crippen LogP contribution in [0.4, 0.5) is 0 Å². The van der Waals surface area contributed by atoms with E-state index in [1.54, 1.807) is 44.4 Å². The minimum atomic E-state index is -0.443. The van der Waals surface area contributed by atoms with Crippen molar-refractivity contribution in [1.82, 2.24) is 15.2 Å². The van der Waals surface area contributed by atoms with Crippen molar-refractivity contribution >= 4 is 22.6 Å². The second-order valence-electron chi connectivity index (χ2n) is 7.08. The summed E-state index contributed by atoms with van der Waals surface area (Å²) in [7, 11) is 3.70. The average molecular weight is 423 g/mol. The Kier molecular flexibility index (Phi) is 6.94. The first-order valence-corrected chi connectivity index (χ1v) is 9.82. The molecule has 8 nitrogen and oxygen atoms in total. The van der Waals surface area contributed by atoms with Gasteiger partial charge in [-0.05, 0) is 43.3 Å². The highest BCUT2D eigenvalue weighted by atomic mass is 16.5. The van der Waals surface area contributed by atoms with Crippen LogP contribution in [0.15, 0.2) is 60.9 Å². The number of aromatic nitrogens is 1. The zero-order chi connectivity index (χ0) is 22.4. The zero-order valence-corrected chi connectivity index (χ0v) is 17.8. The molecule has 1 aromatic heterocycles. The predicted octanol–water partition coefficient (Wildman–Crippen LogP) is 1.35. The van der Waals surface area contributed by atoms with Crippen molar-refractivity contribution < 1.29 is 24.8 Å². The molecule has 2 aromatic carbocycles. The van der Waals surface area contributed by atoms with Crippen molar-refractivity contribution in [3.8, 4) is 17.2 Å². The Morgan fingerprint density at radius 1 is 1.19 bits per heavy atom. The third kappa shape index (κ3) is 5.64. The van der Waals surface area contributed by atoms with Gasteiger partial charge in [0.25, 0.3) is 5.84 Å². The number of nitrogens with zero attached hydrogens (tertiary/aromatic N) is 1. The van der Waals surface area contributed by atoms with Gasteiger partial charge in [-0.2, -0.15) is 0 Å². The molecule has 8 heteroatoms. The fraction of sp³-hybridized carbons (Fsp3) is 0.217. The average Bonchev–Trinajstić information content (AvgIpc) is 3.12. The van der Waals surface area contributed by atoms with E-state index in [1.165, 1.54) is 0 Å². The number of nitrogens with one attached hydrogen (secondary N) is 2. The maximum Gasteiger partial charge on any atom is 0.339 e. The third-order valence-electron chi connectivity index (χ3n) is 4.52. The van der Waals surface area contributed by atoms with E-state index in [0.717, 1.165) is 10.9 Å². The molecule has 1 heterocycles. The number of hydrogen-bond donors (Lipinski definition) is 4. The number of nitrogens with two attached hydrogens (primary N) is 1. The lowest BCUT2D eigenvalue weighted by molar-refractivity contribution is -0.115. The van der Waals surface area contributed by atoms with E-state index in [0.29, 0.717) is 22.8 Å². The predicted molar refractivity (Wildman–Crippen MR) is 119 cm³/mol. The molecule has 0 fully saturated rings. The van der Waals surface area contributed by atoms with E-state index >= 15 is 0 Å². The summed E-state index contributed by atoms with van der Waals surface area (Å²) in [5.41, 5.74) is 1.39. The van der Waals surface area contributed by atoms with Gasteiger partial charge in [-0.25, -0.2) is 10.1 Å². The molecular formula is C23H27N4O4+. The number of hydrogen-bond acceptors (Lipinski definition) is 5. The van der Waals surface area contributed by atoms with Crippen LogP contribution in [0, 0.1) is 0 Å². The van der Waals surface area contributed by atoms with Crippen LogP contribution < -0.4 is 25.5 Å². The quantitative estimate of drug-likeness (QED) is 0.323. The van der Waals surface area contributed by atoms with Crippen LogP contribution in [0.3, 0.4) is 0 Å². The Morgan fingerprint density at radius 3 is 2.71 bits per heavy atom. The van der Waals surface area contributed by atoms with Crippen molar-refractivity contribution in [3.63, 3.8) is 0 Å². The van der Waals surface area contributed by atoms with Gasteiger partial charge in [0.2, 0.25) is 0 Å². The van der Waals surface area contributed by atoms with Gasteiger partial charge < -0.3 is 24.5 Å². The smallest absolute Gasteiger partial charge is 0.339 e. The number of carbonyl (C=O) groups is 1. The topological polar surface area (TPSA) is 110 Å². The number of aliphatic hydroxyl groups is 1. The lowest BCUT2D eigenvalue weighted by Gasteiger charge is -2.14. The fourth-order valence-corrected chi connectivity index (χ4v) is 2.98. The number of benzene rings is 2. The minimum Gasteiger partial charge on any atom is -0.488 e. The molecule has 0 saturated heterocycles.